The Kier molecular flexibility index (Phi) is 7.46. The van der Waals surface area contributed by atoms with E-state index in [1.807, 2.05) is 12.3 Å². The lowest BCUT2D eigenvalue weighted by Gasteiger charge is -2.29. The van der Waals surface area contributed by atoms with Gasteiger partial charge >= 0.3 is 0 Å². The molecule has 258 valence electrons. The summed E-state index contributed by atoms with van der Waals surface area (Å²) >= 11 is 0. The second-order valence-corrected chi connectivity index (χ2v) is 20.2. The summed E-state index contributed by atoms with van der Waals surface area (Å²) in [7, 11) is -1.46. The first-order valence-electron chi connectivity index (χ1n) is 18.6. The minimum Gasteiger partial charge on any atom is -0.310 e. The maximum absolute atomic E-state index is 5.35. The molecule has 8 aromatic carbocycles. The molecule has 4 nitrogen and oxygen atoms in total. The largest absolute Gasteiger partial charge is 0.310 e. The quantitative estimate of drug-likeness (QED) is 0.122. The standard InChI is InChI=1S/C49H38N4Si/c1-54(2,3)40-25-23-39(24-26-40)52(37-12-6-4-7-13-37)43-29-20-33-19-28-42-44(30-21-34-18-27-41(43)46(33)47(34)42)53(38-14-8-5-9-15-38)45-31-22-36-17-16-35-11-10-32-50-48(35)49(36)51-45/h4-32H,1-3H3. The first-order valence-corrected chi connectivity index (χ1v) is 22.1. The maximum atomic E-state index is 5.35. The van der Waals surface area contributed by atoms with Crippen LogP contribution >= 0.6 is 0 Å². The molecule has 0 radical (unpaired) electrons. The number of rotatable bonds is 7. The fraction of sp³-hybridized carbons (Fsp3) is 0.0612. The Bertz CT molecular complexity index is 2970. The average Bonchev–Trinajstić information content (AvgIpc) is 3.21. The van der Waals surface area contributed by atoms with Crippen molar-refractivity contribution in [3.05, 3.63) is 176 Å². The lowest BCUT2D eigenvalue weighted by atomic mass is 9.92. The Morgan fingerprint density at radius 2 is 0.907 bits per heavy atom. The van der Waals surface area contributed by atoms with Crippen molar-refractivity contribution < 1.29 is 0 Å². The Hall–Kier alpha value is -6.56. The summed E-state index contributed by atoms with van der Waals surface area (Å²) in [6.45, 7) is 7.21. The number of anilines is 6. The number of fused-ring (bicyclic) bond motifs is 3. The first kappa shape index (κ1) is 32.1. The molecular weight excluding hydrogens is 673 g/mol. The monoisotopic (exact) mass is 710 g/mol. The van der Waals surface area contributed by atoms with Crippen LogP contribution in [-0.2, 0) is 0 Å². The zero-order valence-electron chi connectivity index (χ0n) is 30.5. The second kappa shape index (κ2) is 12.5. The van der Waals surface area contributed by atoms with E-state index in [4.69, 9.17) is 9.97 Å². The zero-order chi connectivity index (χ0) is 36.4. The lowest BCUT2D eigenvalue weighted by Crippen LogP contribution is -2.37. The van der Waals surface area contributed by atoms with Gasteiger partial charge in [-0.1, -0.05) is 128 Å². The first-order chi connectivity index (χ1) is 26.4. The van der Waals surface area contributed by atoms with E-state index in [-0.39, 0.29) is 0 Å². The van der Waals surface area contributed by atoms with Gasteiger partial charge in [0.15, 0.2) is 0 Å². The molecule has 0 aliphatic carbocycles. The van der Waals surface area contributed by atoms with E-state index < -0.39 is 8.07 Å². The summed E-state index contributed by atoms with van der Waals surface area (Å²) in [6.07, 6.45) is 1.85. The second-order valence-electron chi connectivity index (χ2n) is 15.1. The fourth-order valence-electron chi connectivity index (χ4n) is 8.08. The van der Waals surface area contributed by atoms with E-state index in [0.29, 0.717) is 0 Å². The number of aromatic nitrogens is 2. The molecule has 0 fully saturated rings. The van der Waals surface area contributed by atoms with Gasteiger partial charge in [-0.05, 0) is 88.3 Å². The topological polar surface area (TPSA) is 32.3 Å². The summed E-state index contributed by atoms with van der Waals surface area (Å²) in [5.41, 5.74) is 7.37. The number of para-hydroxylation sites is 2. The van der Waals surface area contributed by atoms with Crippen molar-refractivity contribution in [1.82, 2.24) is 9.97 Å². The number of hydrogen-bond donors (Lipinski definition) is 0. The van der Waals surface area contributed by atoms with Gasteiger partial charge < -0.3 is 4.90 Å². The Balaban J connectivity index is 1.21. The fourth-order valence-corrected chi connectivity index (χ4v) is 9.25. The van der Waals surface area contributed by atoms with Crippen LogP contribution in [0.2, 0.25) is 19.6 Å². The van der Waals surface area contributed by atoms with E-state index in [1.165, 1.54) is 37.5 Å². The minimum absolute atomic E-state index is 0.847. The lowest BCUT2D eigenvalue weighted by molar-refractivity contribution is 1.22. The van der Waals surface area contributed by atoms with Gasteiger partial charge in [-0.25, -0.2) is 4.98 Å². The van der Waals surface area contributed by atoms with Gasteiger partial charge in [-0.2, -0.15) is 0 Å². The summed E-state index contributed by atoms with van der Waals surface area (Å²) < 4.78 is 0. The van der Waals surface area contributed by atoms with Crippen LogP contribution in [0.5, 0.6) is 0 Å². The van der Waals surface area contributed by atoms with E-state index in [0.717, 1.165) is 56.1 Å². The van der Waals surface area contributed by atoms with Crippen LogP contribution in [0, 0.1) is 0 Å². The van der Waals surface area contributed by atoms with Crippen molar-refractivity contribution in [1.29, 1.82) is 0 Å². The smallest absolute Gasteiger partial charge is 0.138 e. The molecule has 0 spiro atoms. The van der Waals surface area contributed by atoms with Gasteiger partial charge in [0.05, 0.1) is 30.5 Å². The molecule has 0 amide bonds. The molecule has 2 aromatic heterocycles. The highest BCUT2D eigenvalue weighted by Gasteiger charge is 2.23. The number of benzene rings is 8. The number of pyridine rings is 2. The Labute approximate surface area is 315 Å². The van der Waals surface area contributed by atoms with E-state index in [1.54, 1.807) is 0 Å². The molecule has 0 aliphatic rings. The summed E-state index contributed by atoms with van der Waals surface area (Å²) in [6, 6.07) is 61.5. The summed E-state index contributed by atoms with van der Waals surface area (Å²) in [5.74, 6) is 0.847. The van der Waals surface area contributed by atoms with Crippen molar-refractivity contribution in [2.45, 2.75) is 19.6 Å². The van der Waals surface area contributed by atoms with E-state index in [9.17, 15) is 0 Å². The van der Waals surface area contributed by atoms with Crippen LogP contribution in [0.25, 0.3) is 54.1 Å². The Morgan fingerprint density at radius 3 is 1.52 bits per heavy atom. The molecule has 10 aromatic rings. The van der Waals surface area contributed by atoms with Crippen molar-refractivity contribution in [3.8, 4) is 0 Å². The molecule has 0 N–H and O–H groups in total. The average molecular weight is 711 g/mol. The van der Waals surface area contributed by atoms with E-state index >= 15 is 0 Å². The van der Waals surface area contributed by atoms with Crippen LogP contribution in [0.3, 0.4) is 0 Å². The molecule has 0 unspecified atom stereocenters. The highest BCUT2D eigenvalue weighted by molar-refractivity contribution is 6.88. The third-order valence-corrected chi connectivity index (χ3v) is 12.8. The predicted molar refractivity (Wildman–Crippen MR) is 233 cm³/mol. The van der Waals surface area contributed by atoms with Crippen LogP contribution in [0.15, 0.2) is 176 Å². The third-order valence-electron chi connectivity index (χ3n) is 10.8. The molecule has 0 aliphatic heterocycles. The minimum atomic E-state index is -1.46. The van der Waals surface area contributed by atoms with Gasteiger partial charge in [0.1, 0.15) is 5.82 Å². The Morgan fingerprint density at radius 1 is 0.407 bits per heavy atom. The maximum Gasteiger partial charge on any atom is 0.138 e. The summed E-state index contributed by atoms with van der Waals surface area (Å²) in [5, 5.41) is 10.9. The number of hydrogen-bond acceptors (Lipinski definition) is 4. The molecule has 0 atom stereocenters. The SMILES string of the molecule is C[Si](C)(C)c1ccc(N(c2ccccc2)c2ccc3ccc4c(N(c5ccccc5)c5ccc6ccc7cccnc7c6n5)ccc5ccc2c3c54)cc1. The van der Waals surface area contributed by atoms with Gasteiger partial charge in [0.2, 0.25) is 0 Å². The van der Waals surface area contributed by atoms with Crippen LogP contribution in [0.1, 0.15) is 0 Å². The van der Waals surface area contributed by atoms with Crippen LogP contribution in [0.4, 0.5) is 34.3 Å². The molecular formula is C49H38N4Si. The normalized spacial score (nSPS) is 12.0. The van der Waals surface area contributed by atoms with Crippen molar-refractivity contribution in [2.75, 3.05) is 9.80 Å². The number of nitrogens with zero attached hydrogens (tertiary/aromatic N) is 4. The van der Waals surface area contributed by atoms with Crippen molar-refractivity contribution in [3.63, 3.8) is 0 Å². The van der Waals surface area contributed by atoms with Crippen molar-refractivity contribution >= 4 is 102 Å². The van der Waals surface area contributed by atoms with Gasteiger partial charge in [0, 0.05) is 44.8 Å². The molecule has 5 heteroatoms. The molecule has 0 saturated heterocycles. The third kappa shape index (κ3) is 5.27. The van der Waals surface area contributed by atoms with Crippen LogP contribution in [-0.4, -0.2) is 18.0 Å². The zero-order valence-corrected chi connectivity index (χ0v) is 31.5. The summed E-state index contributed by atoms with van der Waals surface area (Å²) in [4.78, 5) is 14.8. The van der Waals surface area contributed by atoms with Gasteiger partial charge in [-0.3, -0.25) is 9.88 Å². The van der Waals surface area contributed by atoms with Gasteiger partial charge in [0.25, 0.3) is 0 Å². The molecule has 0 bridgehead atoms. The molecule has 0 saturated carbocycles. The highest BCUT2D eigenvalue weighted by atomic mass is 28.3. The van der Waals surface area contributed by atoms with Gasteiger partial charge in [-0.15, -0.1) is 0 Å². The predicted octanol–water partition coefficient (Wildman–Crippen LogP) is 13.2. The molecule has 10 rings (SSSR count). The molecule has 2 heterocycles. The van der Waals surface area contributed by atoms with Crippen molar-refractivity contribution in [2.24, 2.45) is 0 Å². The van der Waals surface area contributed by atoms with E-state index in [2.05, 4.69) is 193 Å². The highest BCUT2D eigenvalue weighted by Crippen LogP contribution is 2.47. The van der Waals surface area contributed by atoms with Crippen LogP contribution < -0.4 is 15.0 Å². The molecule has 54 heavy (non-hydrogen) atoms.